The fourth-order valence-corrected chi connectivity index (χ4v) is 2.26. The lowest BCUT2D eigenvalue weighted by Gasteiger charge is -2.41. The molecule has 1 aliphatic rings. The first-order valence-electron chi connectivity index (χ1n) is 5.50. The molecule has 2 nitrogen and oxygen atoms in total. The van der Waals surface area contributed by atoms with Crippen LogP contribution in [0.1, 0.15) is 19.8 Å². The van der Waals surface area contributed by atoms with Crippen LogP contribution in [0, 0.1) is 5.92 Å². The molecular formula is C12H17ClN2. The van der Waals surface area contributed by atoms with E-state index in [9.17, 15) is 0 Å². The first kappa shape index (κ1) is 10.6. The van der Waals surface area contributed by atoms with Crippen molar-refractivity contribution < 1.29 is 0 Å². The Bertz CT molecular complexity index is 345. The highest BCUT2D eigenvalue weighted by atomic mass is 35.5. The summed E-state index contributed by atoms with van der Waals surface area (Å²) in [5.74, 6) is 0.867. The van der Waals surface area contributed by atoms with E-state index in [0.717, 1.165) is 19.0 Å². The molecule has 0 atom stereocenters. The van der Waals surface area contributed by atoms with E-state index >= 15 is 0 Å². The first-order chi connectivity index (χ1) is 7.20. The molecule has 82 valence electrons. The molecule has 3 heteroatoms. The van der Waals surface area contributed by atoms with Crippen molar-refractivity contribution in [2.75, 3.05) is 23.7 Å². The Morgan fingerprint density at radius 1 is 1.47 bits per heavy atom. The number of hydrogen-bond acceptors (Lipinski definition) is 2. The Hall–Kier alpha value is -0.890. The fraction of sp³-hybridized carbons (Fsp3) is 0.500. The van der Waals surface area contributed by atoms with E-state index in [1.807, 2.05) is 18.2 Å². The van der Waals surface area contributed by atoms with Crippen LogP contribution in [0.3, 0.4) is 0 Å². The molecule has 1 heterocycles. The Morgan fingerprint density at radius 3 is 2.80 bits per heavy atom. The molecule has 0 aromatic heterocycles. The van der Waals surface area contributed by atoms with E-state index in [0.29, 0.717) is 10.7 Å². The van der Waals surface area contributed by atoms with Crippen molar-refractivity contribution >= 4 is 23.0 Å². The van der Waals surface area contributed by atoms with Gasteiger partial charge in [-0.25, -0.2) is 0 Å². The molecule has 0 radical (unpaired) electrons. The third-order valence-corrected chi connectivity index (χ3v) is 3.33. The van der Waals surface area contributed by atoms with Gasteiger partial charge in [-0.05, 0) is 30.5 Å². The number of nitrogens with two attached hydrogens (primary N) is 1. The topological polar surface area (TPSA) is 29.3 Å². The standard InChI is InChI=1S/C12H17ClN2/c1-2-3-9-7-15(8-9)10-4-5-12(14)11(13)6-10/h4-6,9H,2-3,7-8,14H2,1H3. The van der Waals surface area contributed by atoms with E-state index in [1.165, 1.54) is 18.5 Å². The van der Waals surface area contributed by atoms with Crippen LogP contribution in [0.25, 0.3) is 0 Å². The number of halogens is 1. The van der Waals surface area contributed by atoms with Gasteiger partial charge in [0.2, 0.25) is 0 Å². The second-order valence-electron chi connectivity index (χ2n) is 4.27. The van der Waals surface area contributed by atoms with Gasteiger partial charge in [-0.15, -0.1) is 0 Å². The average Bonchev–Trinajstić information content (AvgIpc) is 2.16. The van der Waals surface area contributed by atoms with Crippen LogP contribution >= 0.6 is 11.6 Å². The first-order valence-corrected chi connectivity index (χ1v) is 5.88. The molecular weight excluding hydrogens is 208 g/mol. The lowest BCUT2D eigenvalue weighted by atomic mass is 9.94. The van der Waals surface area contributed by atoms with Crippen LogP contribution in [0.2, 0.25) is 5.02 Å². The molecule has 2 rings (SSSR count). The predicted molar refractivity (Wildman–Crippen MR) is 66.5 cm³/mol. The summed E-state index contributed by atoms with van der Waals surface area (Å²) in [4.78, 5) is 2.35. The monoisotopic (exact) mass is 224 g/mol. The highest BCUT2D eigenvalue weighted by molar-refractivity contribution is 6.33. The van der Waals surface area contributed by atoms with Gasteiger partial charge in [0.25, 0.3) is 0 Å². The van der Waals surface area contributed by atoms with Gasteiger partial charge in [0.05, 0.1) is 10.7 Å². The minimum absolute atomic E-state index is 0.658. The molecule has 0 amide bonds. The third kappa shape index (κ3) is 2.20. The number of nitrogen functional groups attached to an aromatic ring is 1. The highest BCUT2D eigenvalue weighted by Gasteiger charge is 2.25. The maximum Gasteiger partial charge on any atom is 0.0656 e. The summed E-state index contributed by atoms with van der Waals surface area (Å²) in [5, 5.41) is 0.659. The fourth-order valence-electron chi connectivity index (χ4n) is 2.08. The van der Waals surface area contributed by atoms with Crippen molar-refractivity contribution in [3.05, 3.63) is 23.2 Å². The molecule has 0 unspecified atom stereocenters. The summed E-state index contributed by atoms with van der Waals surface area (Å²) in [6.45, 7) is 4.56. The van der Waals surface area contributed by atoms with Crippen molar-refractivity contribution in [3.63, 3.8) is 0 Å². The van der Waals surface area contributed by atoms with Crippen molar-refractivity contribution in [1.82, 2.24) is 0 Å². The SMILES string of the molecule is CCCC1CN(c2ccc(N)c(Cl)c2)C1. The lowest BCUT2D eigenvalue weighted by Crippen LogP contribution is -2.46. The van der Waals surface area contributed by atoms with Crippen LogP contribution in [0.5, 0.6) is 0 Å². The summed E-state index contributed by atoms with van der Waals surface area (Å²) >= 11 is 5.98. The normalized spacial score (nSPS) is 16.5. The number of rotatable bonds is 3. The quantitative estimate of drug-likeness (QED) is 0.800. The molecule has 0 bridgehead atoms. The van der Waals surface area contributed by atoms with Crippen molar-refractivity contribution in [2.24, 2.45) is 5.92 Å². The van der Waals surface area contributed by atoms with E-state index < -0.39 is 0 Å². The Balaban J connectivity index is 1.98. The van der Waals surface area contributed by atoms with E-state index in [4.69, 9.17) is 17.3 Å². The van der Waals surface area contributed by atoms with Crippen molar-refractivity contribution in [1.29, 1.82) is 0 Å². The molecule has 15 heavy (non-hydrogen) atoms. The Kier molecular flexibility index (Phi) is 3.06. The summed E-state index contributed by atoms with van der Waals surface area (Å²) in [7, 11) is 0. The van der Waals surface area contributed by atoms with Crippen molar-refractivity contribution in [2.45, 2.75) is 19.8 Å². The molecule has 1 aliphatic heterocycles. The number of benzene rings is 1. The largest absolute Gasteiger partial charge is 0.398 e. The van der Waals surface area contributed by atoms with Gasteiger partial charge in [0, 0.05) is 18.8 Å². The minimum atomic E-state index is 0.658. The molecule has 0 spiro atoms. The highest BCUT2D eigenvalue weighted by Crippen LogP contribution is 2.31. The van der Waals surface area contributed by atoms with E-state index in [1.54, 1.807) is 0 Å². The summed E-state index contributed by atoms with van der Waals surface area (Å²) < 4.78 is 0. The van der Waals surface area contributed by atoms with Gasteiger partial charge in [-0.3, -0.25) is 0 Å². The van der Waals surface area contributed by atoms with E-state index in [2.05, 4.69) is 11.8 Å². The zero-order chi connectivity index (χ0) is 10.8. The third-order valence-electron chi connectivity index (χ3n) is 3.00. The van der Waals surface area contributed by atoms with Gasteiger partial charge >= 0.3 is 0 Å². The van der Waals surface area contributed by atoms with Crippen LogP contribution in [0.15, 0.2) is 18.2 Å². The van der Waals surface area contributed by atoms with E-state index in [-0.39, 0.29) is 0 Å². The molecule has 1 aromatic carbocycles. The number of nitrogens with zero attached hydrogens (tertiary/aromatic N) is 1. The zero-order valence-electron chi connectivity index (χ0n) is 9.04. The van der Waals surface area contributed by atoms with Gasteiger partial charge < -0.3 is 10.6 Å². The second kappa shape index (κ2) is 4.31. The molecule has 1 saturated heterocycles. The van der Waals surface area contributed by atoms with Gasteiger partial charge in [-0.2, -0.15) is 0 Å². The van der Waals surface area contributed by atoms with Gasteiger partial charge in [0.1, 0.15) is 0 Å². The van der Waals surface area contributed by atoms with Gasteiger partial charge in [0.15, 0.2) is 0 Å². The molecule has 0 aliphatic carbocycles. The van der Waals surface area contributed by atoms with Crippen LogP contribution in [-0.2, 0) is 0 Å². The van der Waals surface area contributed by atoms with Gasteiger partial charge in [-0.1, -0.05) is 24.9 Å². The summed E-state index contributed by atoms with van der Waals surface area (Å²) in [6, 6.07) is 5.88. The summed E-state index contributed by atoms with van der Waals surface area (Å²) in [6.07, 6.45) is 2.61. The maximum absolute atomic E-state index is 5.98. The Morgan fingerprint density at radius 2 is 2.20 bits per heavy atom. The predicted octanol–water partition coefficient (Wildman–Crippen LogP) is 3.16. The molecule has 1 fully saturated rings. The molecule has 2 N–H and O–H groups in total. The summed E-state index contributed by atoms with van der Waals surface area (Å²) in [5.41, 5.74) is 7.53. The number of anilines is 2. The zero-order valence-corrected chi connectivity index (χ0v) is 9.80. The average molecular weight is 225 g/mol. The van der Waals surface area contributed by atoms with Crippen LogP contribution < -0.4 is 10.6 Å². The smallest absolute Gasteiger partial charge is 0.0656 e. The van der Waals surface area contributed by atoms with Crippen LogP contribution in [0.4, 0.5) is 11.4 Å². The van der Waals surface area contributed by atoms with Crippen molar-refractivity contribution in [3.8, 4) is 0 Å². The molecule has 1 aromatic rings. The minimum Gasteiger partial charge on any atom is -0.398 e. The Labute approximate surface area is 96.0 Å². The second-order valence-corrected chi connectivity index (χ2v) is 4.67. The van der Waals surface area contributed by atoms with Crippen LogP contribution in [-0.4, -0.2) is 13.1 Å². The number of hydrogen-bond donors (Lipinski definition) is 1. The lowest BCUT2D eigenvalue weighted by molar-refractivity contribution is 0.381. The molecule has 0 saturated carbocycles. The maximum atomic E-state index is 5.98.